The van der Waals surface area contributed by atoms with Gasteiger partial charge < -0.3 is 10.5 Å². The second kappa shape index (κ2) is 9.32. The monoisotopic (exact) mass is 526 g/mol. The van der Waals surface area contributed by atoms with E-state index in [2.05, 4.69) is 9.97 Å². The number of nitrogens with zero attached hydrogens (tertiary/aromatic N) is 3. The summed E-state index contributed by atoms with van der Waals surface area (Å²) in [4.78, 5) is 20.3. The number of benzene rings is 2. The number of alkyl halides is 3. The van der Waals surface area contributed by atoms with E-state index in [0.29, 0.717) is 21.6 Å². The minimum Gasteiger partial charge on any atom is -0.484 e. The number of aromatic nitrogens is 3. The molecule has 6 nitrogen and oxygen atoms in total. The summed E-state index contributed by atoms with van der Waals surface area (Å²) >= 11 is 1.04. The fourth-order valence-corrected chi connectivity index (χ4v) is 4.95. The highest BCUT2D eigenvalue weighted by Gasteiger charge is 2.35. The Bertz CT molecular complexity index is 1610. The average molecular weight is 527 g/mol. The van der Waals surface area contributed by atoms with Crippen LogP contribution in [0.4, 0.5) is 17.6 Å². The number of rotatable bonds is 6. The summed E-state index contributed by atoms with van der Waals surface area (Å²) in [5.41, 5.74) is 7.52. The Morgan fingerprint density at radius 1 is 1.05 bits per heavy atom. The third-order valence-corrected chi connectivity index (χ3v) is 6.89. The van der Waals surface area contributed by atoms with Gasteiger partial charge in [-0.1, -0.05) is 24.3 Å². The van der Waals surface area contributed by atoms with E-state index in [1.54, 1.807) is 23.0 Å². The number of pyridine rings is 1. The standard InChI is InChI=1S/C26H18F4N4O2S/c1-14(17-4-2-3-5-18(17)26(28,29)30)36-21-11-23(37-24(21)25(31)35)34-13-33-19-10-15(6-8-20(19)34)16-7-9-22(27)32-12-16/h2-14H,1H3,(H2,31,35). The Labute approximate surface area is 212 Å². The van der Waals surface area contributed by atoms with E-state index in [4.69, 9.17) is 10.5 Å². The Balaban J connectivity index is 1.49. The van der Waals surface area contributed by atoms with E-state index in [0.717, 1.165) is 23.0 Å². The van der Waals surface area contributed by atoms with Crippen LogP contribution in [0.5, 0.6) is 5.75 Å². The fraction of sp³-hybridized carbons (Fsp3) is 0.115. The highest BCUT2D eigenvalue weighted by atomic mass is 32.1. The molecule has 11 heteroatoms. The van der Waals surface area contributed by atoms with Gasteiger partial charge in [0.05, 0.1) is 16.6 Å². The molecule has 0 bridgehead atoms. The van der Waals surface area contributed by atoms with Crippen LogP contribution in [0.15, 0.2) is 73.2 Å². The van der Waals surface area contributed by atoms with Crippen molar-refractivity contribution in [2.45, 2.75) is 19.2 Å². The zero-order valence-electron chi connectivity index (χ0n) is 19.2. The summed E-state index contributed by atoms with van der Waals surface area (Å²) < 4.78 is 61.2. The molecule has 188 valence electrons. The first-order valence-corrected chi connectivity index (χ1v) is 11.8. The van der Waals surface area contributed by atoms with Gasteiger partial charge in [0, 0.05) is 23.4 Å². The van der Waals surface area contributed by atoms with Crippen molar-refractivity contribution in [3.05, 3.63) is 95.1 Å². The van der Waals surface area contributed by atoms with Crippen molar-refractivity contribution in [1.82, 2.24) is 14.5 Å². The topological polar surface area (TPSA) is 83.0 Å². The molecule has 5 rings (SSSR count). The van der Waals surface area contributed by atoms with E-state index >= 15 is 0 Å². The van der Waals surface area contributed by atoms with Gasteiger partial charge in [-0.3, -0.25) is 9.36 Å². The number of ether oxygens (including phenoxy) is 1. The van der Waals surface area contributed by atoms with Crippen LogP contribution < -0.4 is 10.5 Å². The number of halogens is 4. The summed E-state index contributed by atoms with van der Waals surface area (Å²) in [6.45, 7) is 1.48. The third kappa shape index (κ3) is 4.77. The molecule has 0 fully saturated rings. The molecule has 0 saturated heterocycles. The number of nitrogens with two attached hydrogens (primary N) is 1. The van der Waals surface area contributed by atoms with Crippen LogP contribution in [0.1, 0.15) is 33.8 Å². The van der Waals surface area contributed by atoms with Crippen LogP contribution in [0.3, 0.4) is 0 Å². The number of hydrogen-bond acceptors (Lipinski definition) is 5. The Morgan fingerprint density at radius 2 is 1.81 bits per heavy atom. The van der Waals surface area contributed by atoms with Gasteiger partial charge in [-0.15, -0.1) is 11.3 Å². The number of carbonyl (C=O) groups is 1. The van der Waals surface area contributed by atoms with Gasteiger partial charge in [-0.05, 0) is 42.8 Å². The fourth-order valence-electron chi connectivity index (χ4n) is 4.02. The summed E-state index contributed by atoms with van der Waals surface area (Å²) in [5, 5.41) is 0.541. The third-order valence-electron chi connectivity index (χ3n) is 5.76. The van der Waals surface area contributed by atoms with Gasteiger partial charge in [0.1, 0.15) is 28.1 Å². The maximum atomic E-state index is 13.5. The maximum Gasteiger partial charge on any atom is 0.416 e. The minimum atomic E-state index is -4.56. The molecule has 1 atom stereocenters. The highest BCUT2D eigenvalue weighted by molar-refractivity contribution is 7.16. The normalized spacial score (nSPS) is 12.6. The average Bonchev–Trinajstić information content (AvgIpc) is 3.47. The molecule has 5 aromatic rings. The number of amides is 1. The molecule has 3 aromatic heterocycles. The quantitative estimate of drug-likeness (QED) is 0.201. The first-order valence-electron chi connectivity index (χ1n) is 11.0. The van der Waals surface area contributed by atoms with Crippen LogP contribution in [0.2, 0.25) is 0 Å². The molecule has 1 unspecified atom stereocenters. The zero-order chi connectivity index (χ0) is 26.3. The summed E-state index contributed by atoms with van der Waals surface area (Å²) in [6, 6.07) is 15.0. The Kier molecular flexibility index (Phi) is 6.16. The summed E-state index contributed by atoms with van der Waals surface area (Å²) in [5.74, 6) is -1.27. The van der Waals surface area contributed by atoms with Gasteiger partial charge in [-0.25, -0.2) is 9.97 Å². The number of hydrogen-bond donors (Lipinski definition) is 1. The Hall–Kier alpha value is -4.25. The lowest BCUT2D eigenvalue weighted by atomic mass is 10.0. The van der Waals surface area contributed by atoms with Gasteiger partial charge in [0.25, 0.3) is 5.91 Å². The van der Waals surface area contributed by atoms with Gasteiger partial charge in [0.15, 0.2) is 0 Å². The lowest BCUT2D eigenvalue weighted by Crippen LogP contribution is -2.15. The lowest BCUT2D eigenvalue weighted by Gasteiger charge is -2.19. The molecule has 1 amide bonds. The molecule has 2 N–H and O–H groups in total. The van der Waals surface area contributed by atoms with E-state index < -0.39 is 29.7 Å². The molecule has 0 radical (unpaired) electrons. The first kappa shape index (κ1) is 24.4. The van der Waals surface area contributed by atoms with Crippen LogP contribution in [0.25, 0.3) is 27.2 Å². The molecule has 2 aromatic carbocycles. The van der Waals surface area contributed by atoms with Crippen molar-refractivity contribution in [3.63, 3.8) is 0 Å². The van der Waals surface area contributed by atoms with Crippen LogP contribution in [-0.4, -0.2) is 20.4 Å². The van der Waals surface area contributed by atoms with E-state index in [1.165, 1.54) is 37.4 Å². The van der Waals surface area contributed by atoms with E-state index in [9.17, 15) is 22.4 Å². The molecule has 0 saturated carbocycles. The van der Waals surface area contributed by atoms with Crippen molar-refractivity contribution in [1.29, 1.82) is 0 Å². The van der Waals surface area contributed by atoms with Crippen molar-refractivity contribution in [2.24, 2.45) is 5.73 Å². The SMILES string of the molecule is CC(Oc1cc(-n2cnc3cc(-c4ccc(F)nc4)ccc32)sc1C(N)=O)c1ccccc1C(F)(F)F. The Morgan fingerprint density at radius 3 is 2.51 bits per heavy atom. The molecule has 0 aliphatic carbocycles. The van der Waals surface area contributed by atoms with Crippen LogP contribution in [-0.2, 0) is 6.18 Å². The largest absolute Gasteiger partial charge is 0.484 e. The molecule has 37 heavy (non-hydrogen) atoms. The smallest absolute Gasteiger partial charge is 0.416 e. The first-order chi connectivity index (χ1) is 17.6. The van der Waals surface area contributed by atoms with Gasteiger partial charge >= 0.3 is 6.18 Å². The predicted molar refractivity (Wildman–Crippen MR) is 131 cm³/mol. The number of primary amides is 1. The number of thiophene rings is 1. The van der Waals surface area contributed by atoms with Gasteiger partial charge in [0.2, 0.25) is 5.95 Å². The number of carbonyl (C=O) groups excluding carboxylic acids is 1. The van der Waals surface area contributed by atoms with Crippen molar-refractivity contribution in [2.75, 3.05) is 0 Å². The van der Waals surface area contributed by atoms with E-state index in [1.807, 2.05) is 18.2 Å². The second-order valence-corrected chi connectivity index (χ2v) is 9.21. The molecular weight excluding hydrogens is 508 g/mol. The minimum absolute atomic E-state index is 0.0611. The molecule has 0 aliphatic heterocycles. The van der Waals surface area contributed by atoms with Crippen LogP contribution >= 0.6 is 11.3 Å². The van der Waals surface area contributed by atoms with E-state index in [-0.39, 0.29) is 16.2 Å². The van der Waals surface area contributed by atoms with Gasteiger partial charge in [-0.2, -0.15) is 17.6 Å². The summed E-state index contributed by atoms with van der Waals surface area (Å²) in [6.07, 6.45) is -2.59. The highest BCUT2D eigenvalue weighted by Crippen LogP contribution is 2.39. The van der Waals surface area contributed by atoms with Crippen molar-refractivity contribution >= 4 is 28.3 Å². The van der Waals surface area contributed by atoms with Crippen LogP contribution in [0, 0.1) is 5.95 Å². The molecule has 0 spiro atoms. The van der Waals surface area contributed by atoms with Crippen molar-refractivity contribution in [3.8, 4) is 21.9 Å². The number of fused-ring (bicyclic) bond motifs is 1. The number of imidazole rings is 1. The molecule has 0 aliphatic rings. The molecule has 3 heterocycles. The second-order valence-electron chi connectivity index (χ2n) is 8.18. The predicted octanol–water partition coefficient (Wildman–Crippen LogP) is 6.55. The zero-order valence-corrected chi connectivity index (χ0v) is 20.0. The molecular formula is C26H18F4N4O2S. The van der Waals surface area contributed by atoms with Crippen molar-refractivity contribution < 1.29 is 27.1 Å². The summed E-state index contributed by atoms with van der Waals surface area (Å²) in [7, 11) is 0. The lowest BCUT2D eigenvalue weighted by molar-refractivity contribution is -0.139. The maximum absolute atomic E-state index is 13.5.